The molecule has 0 bridgehead atoms. The molecule has 0 spiro atoms. The number of thiocarbonyl (C=S) groups is 1. The van der Waals surface area contributed by atoms with Crippen LogP contribution >= 0.6 is 23.8 Å². The number of nitrogens with two attached hydrogens (primary N) is 1. The molecule has 6 nitrogen and oxygen atoms in total. The molecule has 0 aliphatic carbocycles. The molecule has 150 valence electrons. The van der Waals surface area contributed by atoms with Gasteiger partial charge < -0.3 is 10.2 Å². The maximum Gasteiger partial charge on any atom is 0.238 e. The summed E-state index contributed by atoms with van der Waals surface area (Å²) < 4.78 is 35.8. The summed E-state index contributed by atoms with van der Waals surface area (Å²) in [6, 6.07) is 10.6. The molecule has 2 aromatic rings. The first-order valence-electron chi connectivity index (χ1n) is 8.57. The van der Waals surface area contributed by atoms with Crippen LogP contribution in [0.3, 0.4) is 0 Å². The molecule has 0 atom stereocenters. The first-order chi connectivity index (χ1) is 13.2. The van der Waals surface area contributed by atoms with Gasteiger partial charge in [0, 0.05) is 43.4 Å². The summed E-state index contributed by atoms with van der Waals surface area (Å²) in [7, 11) is -3.71. The van der Waals surface area contributed by atoms with Gasteiger partial charge in [-0.1, -0.05) is 17.7 Å². The average molecular weight is 443 g/mol. The van der Waals surface area contributed by atoms with E-state index < -0.39 is 10.0 Å². The third-order valence-corrected chi connectivity index (χ3v) is 6.14. The van der Waals surface area contributed by atoms with Gasteiger partial charge >= 0.3 is 0 Å². The second kappa shape index (κ2) is 8.71. The average Bonchev–Trinajstić information content (AvgIpc) is 2.64. The van der Waals surface area contributed by atoms with Crippen LogP contribution in [0.15, 0.2) is 47.4 Å². The zero-order chi connectivity index (χ0) is 20.3. The SMILES string of the molecule is NS(=O)(=O)c1ccc(NC(=S)N2CCN(Cc3ccc(F)cc3Cl)CC2)cc1. The van der Waals surface area contributed by atoms with Gasteiger partial charge in [-0.3, -0.25) is 4.90 Å². The van der Waals surface area contributed by atoms with Gasteiger partial charge in [-0.2, -0.15) is 0 Å². The van der Waals surface area contributed by atoms with E-state index in [1.54, 1.807) is 18.2 Å². The number of halogens is 2. The lowest BCUT2D eigenvalue weighted by atomic mass is 10.2. The van der Waals surface area contributed by atoms with Crippen molar-refractivity contribution in [1.82, 2.24) is 9.80 Å². The van der Waals surface area contributed by atoms with Gasteiger partial charge in [0.15, 0.2) is 5.11 Å². The van der Waals surface area contributed by atoms with Crippen molar-refractivity contribution < 1.29 is 12.8 Å². The van der Waals surface area contributed by atoms with Crippen molar-refractivity contribution in [3.63, 3.8) is 0 Å². The largest absolute Gasteiger partial charge is 0.346 e. The Bertz CT molecular complexity index is 962. The molecule has 10 heteroatoms. The van der Waals surface area contributed by atoms with E-state index >= 15 is 0 Å². The summed E-state index contributed by atoms with van der Waals surface area (Å²) in [4.78, 5) is 4.34. The topological polar surface area (TPSA) is 78.7 Å². The van der Waals surface area contributed by atoms with E-state index in [9.17, 15) is 12.8 Å². The summed E-state index contributed by atoms with van der Waals surface area (Å²) in [5.41, 5.74) is 1.59. The third-order valence-electron chi connectivity index (χ3n) is 4.50. The van der Waals surface area contributed by atoms with E-state index in [4.69, 9.17) is 29.0 Å². The first-order valence-corrected chi connectivity index (χ1v) is 10.9. The highest BCUT2D eigenvalue weighted by Gasteiger charge is 2.20. The monoisotopic (exact) mass is 442 g/mol. The molecule has 28 heavy (non-hydrogen) atoms. The first kappa shape index (κ1) is 20.9. The Balaban J connectivity index is 1.52. The minimum atomic E-state index is -3.71. The van der Waals surface area contributed by atoms with E-state index in [1.165, 1.54) is 24.3 Å². The van der Waals surface area contributed by atoms with Gasteiger partial charge in [-0.05, 0) is 54.2 Å². The highest BCUT2D eigenvalue weighted by atomic mass is 35.5. The molecule has 0 aromatic heterocycles. The Morgan fingerprint density at radius 3 is 2.36 bits per heavy atom. The van der Waals surface area contributed by atoms with Crippen LogP contribution in [0.25, 0.3) is 0 Å². The number of hydrogen-bond acceptors (Lipinski definition) is 4. The minimum Gasteiger partial charge on any atom is -0.346 e. The number of benzene rings is 2. The maximum absolute atomic E-state index is 13.2. The van der Waals surface area contributed by atoms with E-state index in [2.05, 4.69) is 10.2 Å². The third kappa shape index (κ3) is 5.39. The van der Waals surface area contributed by atoms with Gasteiger partial charge in [0.25, 0.3) is 0 Å². The van der Waals surface area contributed by atoms with Gasteiger partial charge in [0.1, 0.15) is 5.82 Å². The highest BCUT2D eigenvalue weighted by molar-refractivity contribution is 7.89. The van der Waals surface area contributed by atoms with Gasteiger partial charge in [0.2, 0.25) is 10.0 Å². The summed E-state index contributed by atoms with van der Waals surface area (Å²) in [6.45, 7) is 3.71. The lowest BCUT2D eigenvalue weighted by molar-refractivity contribution is 0.177. The van der Waals surface area contributed by atoms with Crippen LogP contribution in [0.1, 0.15) is 5.56 Å². The molecule has 3 rings (SSSR count). The molecule has 0 unspecified atom stereocenters. The quantitative estimate of drug-likeness (QED) is 0.709. The fraction of sp³-hybridized carbons (Fsp3) is 0.278. The van der Waals surface area contributed by atoms with Crippen LogP contribution in [0.5, 0.6) is 0 Å². The van der Waals surface area contributed by atoms with E-state index in [0.29, 0.717) is 22.4 Å². The summed E-state index contributed by atoms with van der Waals surface area (Å²) in [5.74, 6) is -0.341. The minimum absolute atomic E-state index is 0.0528. The molecule has 1 heterocycles. The predicted octanol–water partition coefficient (Wildman–Crippen LogP) is 2.64. The van der Waals surface area contributed by atoms with Crippen LogP contribution in [-0.4, -0.2) is 49.5 Å². The van der Waals surface area contributed by atoms with Crippen molar-refractivity contribution in [2.24, 2.45) is 5.14 Å². The predicted molar refractivity (Wildman–Crippen MR) is 112 cm³/mol. The smallest absolute Gasteiger partial charge is 0.238 e. The Morgan fingerprint density at radius 1 is 1.14 bits per heavy atom. The highest BCUT2D eigenvalue weighted by Crippen LogP contribution is 2.20. The molecule has 3 N–H and O–H groups in total. The van der Waals surface area contributed by atoms with Gasteiger partial charge in [-0.25, -0.2) is 17.9 Å². The molecule has 0 saturated carbocycles. The normalized spacial score (nSPS) is 15.5. The Kier molecular flexibility index (Phi) is 6.51. The fourth-order valence-corrected chi connectivity index (χ4v) is 3.97. The van der Waals surface area contributed by atoms with Crippen molar-refractivity contribution in [2.45, 2.75) is 11.4 Å². The number of nitrogens with zero attached hydrogens (tertiary/aromatic N) is 2. The van der Waals surface area contributed by atoms with E-state index in [-0.39, 0.29) is 10.7 Å². The van der Waals surface area contributed by atoms with Crippen molar-refractivity contribution in [2.75, 3.05) is 31.5 Å². The Hall–Kier alpha value is -1.78. The number of primary sulfonamides is 1. The van der Waals surface area contributed by atoms with Crippen molar-refractivity contribution in [1.29, 1.82) is 0 Å². The molecule has 1 fully saturated rings. The molecular formula is C18H20ClFN4O2S2. The number of nitrogens with one attached hydrogen (secondary N) is 1. The number of sulfonamides is 1. The fourth-order valence-electron chi connectivity index (χ4n) is 2.93. The number of rotatable bonds is 4. The zero-order valence-corrected chi connectivity index (χ0v) is 17.3. The van der Waals surface area contributed by atoms with Crippen LogP contribution < -0.4 is 10.5 Å². The number of piperazine rings is 1. The number of hydrogen-bond donors (Lipinski definition) is 2. The summed E-state index contributed by atoms with van der Waals surface area (Å²) in [5, 5.41) is 9.21. The van der Waals surface area contributed by atoms with Crippen LogP contribution in [0.2, 0.25) is 5.02 Å². The van der Waals surface area contributed by atoms with Crippen molar-refractivity contribution >= 4 is 44.6 Å². The van der Waals surface area contributed by atoms with Crippen LogP contribution in [-0.2, 0) is 16.6 Å². The van der Waals surface area contributed by atoms with Crippen LogP contribution in [0.4, 0.5) is 10.1 Å². The maximum atomic E-state index is 13.2. The zero-order valence-electron chi connectivity index (χ0n) is 14.9. The molecule has 1 aliphatic rings. The van der Waals surface area contributed by atoms with Crippen LogP contribution in [0, 0.1) is 5.82 Å². The van der Waals surface area contributed by atoms with E-state index in [0.717, 1.165) is 31.7 Å². The van der Waals surface area contributed by atoms with Gasteiger partial charge in [0.05, 0.1) is 4.90 Å². The summed E-state index contributed by atoms with van der Waals surface area (Å²) >= 11 is 11.6. The van der Waals surface area contributed by atoms with Crippen molar-refractivity contribution in [3.05, 3.63) is 58.9 Å². The lowest BCUT2D eigenvalue weighted by Gasteiger charge is -2.36. The second-order valence-electron chi connectivity index (χ2n) is 6.50. The Labute approximate surface area is 174 Å². The lowest BCUT2D eigenvalue weighted by Crippen LogP contribution is -2.49. The van der Waals surface area contributed by atoms with Crippen molar-refractivity contribution in [3.8, 4) is 0 Å². The standard InChI is InChI=1S/C18H20ClFN4O2S2/c19-17-11-14(20)2-1-13(17)12-23-7-9-24(10-8-23)18(27)22-15-3-5-16(6-4-15)28(21,25)26/h1-6,11H,7-10,12H2,(H,22,27)(H2,21,25,26). The Morgan fingerprint density at radius 2 is 1.79 bits per heavy atom. The van der Waals surface area contributed by atoms with E-state index in [1.807, 2.05) is 4.90 Å². The number of anilines is 1. The second-order valence-corrected chi connectivity index (χ2v) is 8.85. The molecule has 0 radical (unpaired) electrons. The molecule has 1 saturated heterocycles. The van der Waals surface area contributed by atoms with Gasteiger partial charge in [-0.15, -0.1) is 0 Å². The molecular weight excluding hydrogens is 423 g/mol. The molecule has 1 aliphatic heterocycles. The molecule has 2 aromatic carbocycles. The summed E-state index contributed by atoms with van der Waals surface area (Å²) in [6.07, 6.45) is 0. The molecule has 0 amide bonds.